The normalized spacial score (nSPS) is 12.8. The molecular formula is C16H20N3O5PS. The number of carbonyl (C=O) groups excluding carboxylic acids is 1. The number of nitrogens with zero attached hydrogens (tertiary/aromatic N) is 2. The lowest BCUT2D eigenvalue weighted by Gasteiger charge is -2.15. The molecule has 1 aromatic carbocycles. The van der Waals surface area contributed by atoms with Crippen LogP contribution >= 0.6 is 18.9 Å². The van der Waals surface area contributed by atoms with E-state index in [9.17, 15) is 9.36 Å². The lowest BCUT2D eigenvalue weighted by molar-refractivity contribution is 0.0950. The highest BCUT2D eigenvalue weighted by atomic mass is 32.1. The number of hydrogen-bond acceptors (Lipinski definition) is 6. The van der Waals surface area contributed by atoms with Crippen LogP contribution in [-0.2, 0) is 11.0 Å². The van der Waals surface area contributed by atoms with Crippen molar-refractivity contribution in [3.05, 3.63) is 33.6 Å². The highest BCUT2D eigenvalue weighted by Gasteiger charge is 2.30. The summed E-state index contributed by atoms with van der Waals surface area (Å²) in [5.74, 6) is 0.151. The number of carbonyl (C=O) groups is 1. The lowest BCUT2D eigenvalue weighted by atomic mass is 10.0. The monoisotopic (exact) mass is 397 g/mol. The summed E-state index contributed by atoms with van der Waals surface area (Å²) in [5.41, 5.74) is 4.39. The fourth-order valence-corrected chi connectivity index (χ4v) is 3.89. The first-order valence-corrected chi connectivity index (χ1v) is 10.6. The third-order valence-electron chi connectivity index (χ3n) is 3.97. The van der Waals surface area contributed by atoms with Crippen molar-refractivity contribution in [3.8, 4) is 17.0 Å². The highest BCUT2D eigenvalue weighted by Crippen LogP contribution is 2.46. The number of amides is 1. The zero-order valence-corrected chi connectivity index (χ0v) is 16.1. The second-order valence-corrected chi connectivity index (χ2v) is 8.79. The molecule has 1 aromatic heterocycles. The Morgan fingerprint density at radius 2 is 2.19 bits per heavy atom. The third kappa shape index (κ3) is 4.13. The second-order valence-electron chi connectivity index (χ2n) is 6.26. The number of benzene rings is 1. The summed E-state index contributed by atoms with van der Waals surface area (Å²) in [6.45, 7) is 1.25. The van der Waals surface area contributed by atoms with Gasteiger partial charge in [-0.25, -0.2) is 4.98 Å². The summed E-state index contributed by atoms with van der Waals surface area (Å²) in [6, 6.07) is 3.21. The van der Waals surface area contributed by atoms with Gasteiger partial charge in [-0.2, -0.15) is 0 Å². The zero-order chi connectivity index (χ0) is 18.9. The molecule has 26 heavy (non-hydrogen) atoms. The first kappa shape index (κ1) is 19.0. The van der Waals surface area contributed by atoms with Crippen molar-refractivity contribution in [1.29, 1.82) is 0 Å². The van der Waals surface area contributed by atoms with Crippen molar-refractivity contribution in [2.75, 3.05) is 33.5 Å². The first-order chi connectivity index (χ1) is 12.3. The van der Waals surface area contributed by atoms with Crippen LogP contribution in [0, 0.1) is 0 Å². The maximum Gasteiger partial charge on any atom is 0.362 e. The Balaban J connectivity index is 1.91. The molecule has 0 radical (unpaired) electrons. The molecule has 8 nitrogen and oxygen atoms in total. The molecule has 0 spiro atoms. The summed E-state index contributed by atoms with van der Waals surface area (Å²) in [7, 11) is -0.443. The van der Waals surface area contributed by atoms with Crippen LogP contribution in [0.5, 0.6) is 5.75 Å². The molecule has 0 saturated heterocycles. The van der Waals surface area contributed by atoms with Gasteiger partial charge in [0.1, 0.15) is 5.75 Å². The lowest BCUT2D eigenvalue weighted by Crippen LogP contribution is -2.31. The van der Waals surface area contributed by atoms with Crippen molar-refractivity contribution in [2.45, 2.75) is 6.42 Å². The van der Waals surface area contributed by atoms with E-state index in [1.165, 1.54) is 11.3 Å². The minimum Gasteiger partial charge on any atom is -0.480 e. The fourth-order valence-electron chi connectivity index (χ4n) is 2.80. The van der Waals surface area contributed by atoms with E-state index in [2.05, 4.69) is 10.3 Å². The summed E-state index contributed by atoms with van der Waals surface area (Å²) in [4.78, 5) is 38.0. The van der Waals surface area contributed by atoms with Crippen LogP contribution in [0.4, 0.5) is 0 Å². The van der Waals surface area contributed by atoms with E-state index in [0.717, 1.165) is 17.0 Å². The van der Waals surface area contributed by atoms with Crippen molar-refractivity contribution >= 4 is 24.8 Å². The number of rotatable bonds is 7. The number of ether oxygens (including phenoxy) is 1. The maximum atomic E-state index is 12.6. The topological polar surface area (TPSA) is 112 Å². The van der Waals surface area contributed by atoms with Crippen LogP contribution in [0.2, 0.25) is 0 Å². The van der Waals surface area contributed by atoms with Gasteiger partial charge in [0.25, 0.3) is 5.91 Å². The molecule has 1 aliphatic carbocycles. The average molecular weight is 397 g/mol. The molecule has 0 bridgehead atoms. The molecule has 3 N–H and O–H groups in total. The summed E-state index contributed by atoms with van der Waals surface area (Å²) in [5, 5.41) is 2.89. The van der Waals surface area contributed by atoms with Crippen molar-refractivity contribution in [1.82, 2.24) is 15.2 Å². The van der Waals surface area contributed by atoms with Gasteiger partial charge < -0.3 is 24.7 Å². The van der Waals surface area contributed by atoms with E-state index in [0.29, 0.717) is 35.5 Å². The maximum absolute atomic E-state index is 12.6. The standard InChI is InChI=1S/C16H20N3O5PS/c1-19(2)6-5-17-16(20)10-3-4-12(24-9-25(21,22)23)14-11(10)7-13-15(14)18-8-26-13/h3-4,8H,5-7,9H2,1-2H3,(H,17,20)(H2,21,22,23). The molecule has 0 saturated carbocycles. The molecule has 1 aliphatic rings. The number of likely N-dealkylation sites (N-methyl/N-ethyl adjacent to an activating group) is 1. The van der Waals surface area contributed by atoms with E-state index >= 15 is 0 Å². The van der Waals surface area contributed by atoms with Crippen LogP contribution in [0.15, 0.2) is 17.6 Å². The van der Waals surface area contributed by atoms with Gasteiger partial charge in [0, 0.05) is 35.5 Å². The number of nitrogens with one attached hydrogen (secondary N) is 1. The Kier molecular flexibility index (Phi) is 5.45. The van der Waals surface area contributed by atoms with E-state index in [-0.39, 0.29) is 5.91 Å². The number of thiazole rings is 1. The summed E-state index contributed by atoms with van der Waals surface area (Å²) in [6.07, 6.45) is -0.161. The van der Waals surface area contributed by atoms with Crippen LogP contribution in [-0.4, -0.2) is 59.1 Å². The van der Waals surface area contributed by atoms with Gasteiger partial charge in [0.2, 0.25) is 0 Å². The molecule has 0 unspecified atom stereocenters. The van der Waals surface area contributed by atoms with Gasteiger partial charge in [-0.1, -0.05) is 0 Å². The Bertz CT molecular complexity index is 877. The number of fused-ring (bicyclic) bond motifs is 3. The molecule has 0 atom stereocenters. The van der Waals surface area contributed by atoms with Gasteiger partial charge in [0.05, 0.1) is 11.2 Å². The first-order valence-electron chi connectivity index (χ1n) is 7.95. The van der Waals surface area contributed by atoms with E-state index in [4.69, 9.17) is 14.5 Å². The van der Waals surface area contributed by atoms with Crippen LogP contribution in [0.3, 0.4) is 0 Å². The Morgan fingerprint density at radius 1 is 1.42 bits per heavy atom. The third-order valence-corrected chi connectivity index (χ3v) is 5.27. The molecule has 2 aromatic rings. The quantitative estimate of drug-likeness (QED) is 0.518. The highest BCUT2D eigenvalue weighted by molar-refractivity contribution is 7.51. The van der Waals surface area contributed by atoms with Gasteiger partial charge >= 0.3 is 7.60 Å². The minimum atomic E-state index is -4.31. The minimum absolute atomic E-state index is 0.181. The van der Waals surface area contributed by atoms with Gasteiger partial charge in [-0.15, -0.1) is 11.3 Å². The molecule has 3 rings (SSSR count). The van der Waals surface area contributed by atoms with Crippen molar-refractivity contribution in [2.24, 2.45) is 0 Å². The van der Waals surface area contributed by atoms with Gasteiger partial charge in [0.15, 0.2) is 6.35 Å². The van der Waals surface area contributed by atoms with Crippen LogP contribution < -0.4 is 10.1 Å². The Labute approximate surface area is 155 Å². The molecular weight excluding hydrogens is 377 g/mol. The molecule has 1 amide bonds. The predicted molar refractivity (Wildman–Crippen MR) is 98.8 cm³/mol. The largest absolute Gasteiger partial charge is 0.480 e. The van der Waals surface area contributed by atoms with E-state index in [1.54, 1.807) is 17.6 Å². The van der Waals surface area contributed by atoms with Crippen LogP contribution in [0.1, 0.15) is 20.8 Å². The summed E-state index contributed by atoms with van der Waals surface area (Å²) < 4.78 is 16.5. The van der Waals surface area contributed by atoms with E-state index in [1.807, 2.05) is 19.0 Å². The number of aromatic nitrogens is 1. The van der Waals surface area contributed by atoms with Gasteiger partial charge in [-0.05, 0) is 31.8 Å². The zero-order valence-electron chi connectivity index (χ0n) is 14.4. The molecule has 140 valence electrons. The Hall–Kier alpha value is -1.77. The average Bonchev–Trinajstić information content (AvgIpc) is 3.12. The Morgan fingerprint density at radius 3 is 2.88 bits per heavy atom. The van der Waals surface area contributed by atoms with Gasteiger partial charge in [-0.3, -0.25) is 9.36 Å². The number of hydrogen-bond donors (Lipinski definition) is 3. The summed E-state index contributed by atoms with van der Waals surface area (Å²) >= 11 is 1.48. The van der Waals surface area contributed by atoms with E-state index < -0.39 is 13.9 Å². The SMILES string of the molecule is CN(C)CCNC(=O)c1ccc(OCP(=O)(O)O)c2c1Cc1scnc1-2. The fraction of sp³-hybridized carbons (Fsp3) is 0.375. The second kappa shape index (κ2) is 7.46. The molecule has 1 heterocycles. The molecule has 0 aliphatic heterocycles. The van der Waals surface area contributed by atoms with Crippen molar-refractivity contribution < 1.29 is 23.9 Å². The smallest absolute Gasteiger partial charge is 0.362 e. The van der Waals surface area contributed by atoms with Crippen LogP contribution in [0.25, 0.3) is 11.3 Å². The van der Waals surface area contributed by atoms with Crippen molar-refractivity contribution in [3.63, 3.8) is 0 Å². The predicted octanol–water partition coefficient (Wildman–Crippen LogP) is 1.52. The molecule has 10 heteroatoms. The molecule has 0 fully saturated rings.